The van der Waals surface area contributed by atoms with Gasteiger partial charge in [-0.15, -0.1) is 0 Å². The number of likely N-dealkylation sites (tertiary alicyclic amines) is 1. The molecule has 0 spiro atoms. The van der Waals surface area contributed by atoms with Gasteiger partial charge in [0.2, 0.25) is 0 Å². The highest BCUT2D eigenvalue weighted by Gasteiger charge is 2.45. The molecule has 0 amide bonds. The number of fused-ring (bicyclic) bond motifs is 1. The van der Waals surface area contributed by atoms with Gasteiger partial charge >= 0.3 is 0 Å². The Morgan fingerprint density at radius 2 is 2.11 bits per heavy atom. The highest BCUT2D eigenvalue weighted by atomic mass is 19.3. The number of para-hydroxylation sites is 1. The first-order valence-electron chi connectivity index (χ1n) is 6.46. The summed E-state index contributed by atoms with van der Waals surface area (Å²) in [7, 11) is 3.55. The predicted octanol–water partition coefficient (Wildman–Crippen LogP) is 2.63. The zero-order valence-electron chi connectivity index (χ0n) is 11.1. The van der Waals surface area contributed by atoms with Gasteiger partial charge < -0.3 is 4.90 Å². The van der Waals surface area contributed by atoms with Crippen molar-refractivity contribution in [3.63, 3.8) is 0 Å². The highest BCUT2D eigenvalue weighted by molar-refractivity contribution is 5.82. The molecule has 2 heterocycles. The fourth-order valence-electron chi connectivity index (χ4n) is 3.04. The molecular weight excluding hydrogens is 248 g/mol. The molecule has 1 aromatic carbocycles. The van der Waals surface area contributed by atoms with Crippen molar-refractivity contribution in [1.82, 2.24) is 14.7 Å². The van der Waals surface area contributed by atoms with Crippen LogP contribution in [0.25, 0.3) is 10.9 Å². The Hall–Kier alpha value is -1.49. The average Bonchev–Trinajstić information content (AvgIpc) is 2.70. The third-order valence-electron chi connectivity index (χ3n) is 3.96. The maximum absolute atomic E-state index is 14.3. The van der Waals surface area contributed by atoms with E-state index in [-0.39, 0.29) is 6.54 Å². The van der Waals surface area contributed by atoms with Crippen LogP contribution in [-0.4, -0.2) is 40.7 Å². The quantitative estimate of drug-likeness (QED) is 0.790. The van der Waals surface area contributed by atoms with E-state index in [1.807, 2.05) is 18.2 Å². The van der Waals surface area contributed by atoms with Gasteiger partial charge in [-0.1, -0.05) is 18.2 Å². The Balaban J connectivity index is 2.11. The van der Waals surface area contributed by atoms with Crippen molar-refractivity contribution < 1.29 is 8.78 Å². The lowest BCUT2D eigenvalue weighted by molar-refractivity contribution is -0.0762. The zero-order chi connectivity index (χ0) is 13.6. The van der Waals surface area contributed by atoms with Crippen molar-refractivity contribution in [2.24, 2.45) is 7.05 Å². The molecule has 1 saturated heterocycles. The second kappa shape index (κ2) is 4.27. The molecule has 1 unspecified atom stereocenters. The Morgan fingerprint density at radius 3 is 2.84 bits per heavy atom. The van der Waals surface area contributed by atoms with Gasteiger partial charge in [0.05, 0.1) is 24.2 Å². The fraction of sp³-hybridized carbons (Fsp3) is 0.500. The van der Waals surface area contributed by atoms with Crippen LogP contribution in [0.3, 0.4) is 0 Å². The molecule has 0 radical (unpaired) electrons. The summed E-state index contributed by atoms with van der Waals surface area (Å²) >= 11 is 0. The van der Waals surface area contributed by atoms with Crippen LogP contribution in [0.15, 0.2) is 24.4 Å². The minimum absolute atomic E-state index is 0.175. The van der Waals surface area contributed by atoms with Crippen LogP contribution in [0.4, 0.5) is 8.78 Å². The number of piperidine rings is 1. The molecule has 3 nitrogen and oxygen atoms in total. The molecule has 5 heteroatoms. The molecule has 0 saturated carbocycles. The molecule has 1 aliphatic heterocycles. The van der Waals surface area contributed by atoms with E-state index in [2.05, 4.69) is 5.10 Å². The molecule has 0 bridgehead atoms. The molecule has 2 aromatic rings. The largest absolute Gasteiger partial charge is 0.301 e. The van der Waals surface area contributed by atoms with Gasteiger partial charge in [0.1, 0.15) is 0 Å². The predicted molar refractivity (Wildman–Crippen MR) is 70.5 cm³/mol. The van der Waals surface area contributed by atoms with E-state index in [0.29, 0.717) is 13.0 Å². The first-order chi connectivity index (χ1) is 8.99. The van der Waals surface area contributed by atoms with Gasteiger partial charge in [0.15, 0.2) is 0 Å². The third kappa shape index (κ3) is 2.02. The summed E-state index contributed by atoms with van der Waals surface area (Å²) in [6.07, 6.45) is 2.21. The van der Waals surface area contributed by atoms with Crippen LogP contribution in [0.5, 0.6) is 0 Å². The van der Waals surface area contributed by atoms with Crippen molar-refractivity contribution in [3.8, 4) is 0 Å². The van der Waals surface area contributed by atoms with Crippen LogP contribution in [0.1, 0.15) is 17.9 Å². The molecule has 3 rings (SSSR count). The van der Waals surface area contributed by atoms with Gasteiger partial charge in [-0.3, -0.25) is 4.68 Å². The number of rotatable bonds is 1. The third-order valence-corrected chi connectivity index (χ3v) is 3.96. The van der Waals surface area contributed by atoms with Crippen LogP contribution < -0.4 is 0 Å². The van der Waals surface area contributed by atoms with E-state index in [4.69, 9.17) is 0 Å². The summed E-state index contributed by atoms with van der Waals surface area (Å²) in [4.78, 5) is 1.69. The first-order valence-corrected chi connectivity index (χ1v) is 6.46. The van der Waals surface area contributed by atoms with Crippen LogP contribution in [0, 0.1) is 0 Å². The lowest BCUT2D eigenvalue weighted by Gasteiger charge is -2.37. The molecule has 1 aliphatic rings. The van der Waals surface area contributed by atoms with E-state index in [9.17, 15) is 8.78 Å². The lowest BCUT2D eigenvalue weighted by atomic mass is 9.85. The van der Waals surface area contributed by atoms with Crippen molar-refractivity contribution in [1.29, 1.82) is 0 Å². The van der Waals surface area contributed by atoms with Crippen LogP contribution >= 0.6 is 0 Å². The van der Waals surface area contributed by atoms with Crippen LogP contribution in [0.2, 0.25) is 0 Å². The van der Waals surface area contributed by atoms with E-state index >= 15 is 0 Å². The fourth-order valence-corrected chi connectivity index (χ4v) is 3.04. The van der Waals surface area contributed by atoms with Gasteiger partial charge in [-0.05, 0) is 25.6 Å². The molecule has 0 N–H and O–H groups in total. The van der Waals surface area contributed by atoms with Crippen molar-refractivity contribution >= 4 is 10.9 Å². The Morgan fingerprint density at radius 1 is 1.32 bits per heavy atom. The molecule has 1 atom stereocenters. The number of aryl methyl sites for hydroxylation is 1. The Labute approximate surface area is 110 Å². The van der Waals surface area contributed by atoms with Crippen molar-refractivity contribution in [2.45, 2.75) is 18.3 Å². The number of aromatic nitrogens is 2. The van der Waals surface area contributed by atoms with Crippen molar-refractivity contribution in [3.05, 3.63) is 30.0 Å². The topological polar surface area (TPSA) is 21.1 Å². The smallest absolute Gasteiger partial charge is 0.267 e. The Bertz CT molecular complexity index is 606. The number of hydrogen-bond acceptors (Lipinski definition) is 2. The molecule has 1 fully saturated rings. The van der Waals surface area contributed by atoms with E-state index in [1.54, 1.807) is 29.9 Å². The van der Waals surface area contributed by atoms with E-state index in [0.717, 1.165) is 16.5 Å². The normalized spacial score (nSPS) is 23.9. The second-order valence-electron chi connectivity index (χ2n) is 5.39. The summed E-state index contributed by atoms with van der Waals surface area (Å²) in [6, 6.07) is 5.57. The molecule has 102 valence electrons. The summed E-state index contributed by atoms with van der Waals surface area (Å²) in [5.74, 6) is -3.41. The number of hydrogen-bond donors (Lipinski definition) is 0. The molecule has 1 aromatic heterocycles. The van der Waals surface area contributed by atoms with Gasteiger partial charge in [-0.2, -0.15) is 5.10 Å². The molecule has 19 heavy (non-hydrogen) atoms. The summed E-state index contributed by atoms with van der Waals surface area (Å²) in [6.45, 7) is 0.528. The van der Waals surface area contributed by atoms with Gasteiger partial charge in [-0.25, -0.2) is 8.78 Å². The monoisotopic (exact) mass is 265 g/mol. The van der Waals surface area contributed by atoms with Crippen LogP contribution in [-0.2, 0) is 7.05 Å². The van der Waals surface area contributed by atoms with Crippen molar-refractivity contribution in [2.75, 3.05) is 20.1 Å². The minimum Gasteiger partial charge on any atom is -0.301 e. The zero-order valence-corrected chi connectivity index (χ0v) is 11.1. The van der Waals surface area contributed by atoms with Gasteiger partial charge in [0, 0.05) is 12.4 Å². The van der Waals surface area contributed by atoms with E-state index in [1.165, 1.54) is 0 Å². The number of benzene rings is 1. The number of halogens is 2. The first kappa shape index (κ1) is 12.5. The SMILES string of the molecule is CN1CCC(c2cccc3cnn(C)c23)C(F)(F)C1. The average molecular weight is 265 g/mol. The summed E-state index contributed by atoms with van der Waals surface area (Å²) in [5, 5.41) is 5.10. The summed E-state index contributed by atoms with van der Waals surface area (Å²) in [5.41, 5.74) is 1.55. The number of nitrogens with zero attached hydrogens (tertiary/aromatic N) is 3. The number of alkyl halides is 2. The summed E-state index contributed by atoms with van der Waals surface area (Å²) < 4.78 is 30.3. The van der Waals surface area contributed by atoms with Gasteiger partial charge in [0.25, 0.3) is 5.92 Å². The highest BCUT2D eigenvalue weighted by Crippen LogP contribution is 2.42. The maximum atomic E-state index is 14.3. The lowest BCUT2D eigenvalue weighted by Crippen LogP contribution is -2.45. The van der Waals surface area contributed by atoms with E-state index < -0.39 is 11.8 Å². The minimum atomic E-state index is -2.69. The second-order valence-corrected chi connectivity index (χ2v) is 5.39. The maximum Gasteiger partial charge on any atom is 0.267 e. The standard InChI is InChI=1S/C14H17F2N3/c1-18-7-6-12(14(15,16)9-18)11-5-3-4-10-8-17-19(2)13(10)11/h3-5,8,12H,6-7,9H2,1-2H3. The molecule has 0 aliphatic carbocycles. The molecular formula is C14H17F2N3. The Kier molecular flexibility index (Phi) is 2.82.